The summed E-state index contributed by atoms with van der Waals surface area (Å²) in [6, 6.07) is 5.03. The maximum absolute atomic E-state index is 12.2. The predicted octanol–water partition coefficient (Wildman–Crippen LogP) is -1.18. The fourth-order valence-corrected chi connectivity index (χ4v) is 3.33. The molecule has 11 nitrogen and oxygen atoms in total. The Kier molecular flexibility index (Phi) is 8.30. The molecule has 0 aliphatic carbocycles. The quantitative estimate of drug-likeness (QED) is 0.323. The summed E-state index contributed by atoms with van der Waals surface area (Å²) >= 11 is 0. The van der Waals surface area contributed by atoms with Crippen molar-refractivity contribution in [3.05, 3.63) is 35.4 Å². The van der Waals surface area contributed by atoms with E-state index in [4.69, 9.17) is 5.11 Å². The zero-order chi connectivity index (χ0) is 22.1. The molecule has 0 saturated carbocycles. The smallest absolute Gasteiger partial charge is 0.323 e. The van der Waals surface area contributed by atoms with Crippen LogP contribution in [0, 0.1) is 0 Å². The van der Waals surface area contributed by atoms with Crippen LogP contribution in [0.15, 0.2) is 29.3 Å². The van der Waals surface area contributed by atoms with Crippen molar-refractivity contribution in [3.8, 4) is 0 Å². The Morgan fingerprint density at radius 1 is 1.23 bits per heavy atom. The number of nitrogens with one attached hydrogen (secondary N) is 4. The first-order chi connectivity index (χ1) is 14.1. The van der Waals surface area contributed by atoms with Crippen molar-refractivity contribution in [1.82, 2.24) is 20.7 Å². The number of carbonyl (C=O) groups excluding carboxylic acids is 2. The van der Waals surface area contributed by atoms with Crippen molar-refractivity contribution in [2.45, 2.75) is 25.3 Å². The van der Waals surface area contributed by atoms with Gasteiger partial charge in [0.2, 0.25) is 15.9 Å². The standard InChI is InChI=1S/C18H25N5O6S/c1-30(28,29)23-14(17(26)27)11-21-16(25)13-6-3-12(4-7-13)5-8-15(24)22-18-19-9-2-10-20-18/h3-4,6-7,14,23H,2,5,8-11H2,1H3,(H,21,25)(H,26,27)(H2,19,20,22,24)/t14-/m0/s1. The Hall–Kier alpha value is -2.99. The number of hydrogen-bond acceptors (Lipinski definition) is 7. The van der Waals surface area contributed by atoms with Crippen LogP contribution in [0.25, 0.3) is 0 Å². The van der Waals surface area contributed by atoms with Crippen LogP contribution in [0.2, 0.25) is 0 Å². The van der Waals surface area contributed by atoms with Crippen molar-refractivity contribution < 1.29 is 27.9 Å². The van der Waals surface area contributed by atoms with E-state index in [2.05, 4.69) is 20.9 Å². The Balaban J connectivity index is 1.82. The van der Waals surface area contributed by atoms with Gasteiger partial charge in [-0.15, -0.1) is 0 Å². The normalized spacial score (nSPS) is 14.8. The van der Waals surface area contributed by atoms with Crippen LogP contribution in [-0.4, -0.2) is 69.2 Å². The minimum Gasteiger partial charge on any atom is -0.480 e. The van der Waals surface area contributed by atoms with Crippen LogP contribution in [0.1, 0.15) is 28.8 Å². The largest absolute Gasteiger partial charge is 0.480 e. The zero-order valence-corrected chi connectivity index (χ0v) is 17.3. The number of amides is 2. The molecule has 1 atom stereocenters. The highest BCUT2D eigenvalue weighted by Gasteiger charge is 2.22. The molecule has 0 spiro atoms. The molecule has 164 valence electrons. The first-order valence-electron chi connectivity index (χ1n) is 9.29. The molecule has 12 heteroatoms. The molecular formula is C18H25N5O6S. The van der Waals surface area contributed by atoms with E-state index >= 15 is 0 Å². The first-order valence-corrected chi connectivity index (χ1v) is 11.2. The van der Waals surface area contributed by atoms with Crippen molar-refractivity contribution >= 4 is 33.8 Å². The molecule has 30 heavy (non-hydrogen) atoms. The molecule has 0 unspecified atom stereocenters. The number of carboxylic acids is 1. The van der Waals surface area contributed by atoms with Crippen LogP contribution in [0.3, 0.4) is 0 Å². The monoisotopic (exact) mass is 439 g/mol. The highest BCUT2D eigenvalue weighted by atomic mass is 32.2. The highest BCUT2D eigenvalue weighted by molar-refractivity contribution is 7.88. The molecule has 1 aliphatic rings. The van der Waals surface area contributed by atoms with Gasteiger partial charge < -0.3 is 15.7 Å². The van der Waals surface area contributed by atoms with E-state index in [1.807, 2.05) is 4.72 Å². The van der Waals surface area contributed by atoms with Gasteiger partial charge in [-0.2, -0.15) is 4.72 Å². The maximum atomic E-state index is 12.2. The molecule has 2 amide bonds. The summed E-state index contributed by atoms with van der Waals surface area (Å²) in [7, 11) is -3.74. The van der Waals surface area contributed by atoms with Gasteiger partial charge in [-0.25, -0.2) is 8.42 Å². The highest BCUT2D eigenvalue weighted by Crippen LogP contribution is 2.07. The Labute approximate surface area is 174 Å². The Morgan fingerprint density at radius 3 is 2.50 bits per heavy atom. The summed E-state index contributed by atoms with van der Waals surface area (Å²) in [4.78, 5) is 39.4. The lowest BCUT2D eigenvalue weighted by molar-refractivity contribution is -0.138. The van der Waals surface area contributed by atoms with Crippen LogP contribution in [-0.2, 0) is 26.0 Å². The maximum Gasteiger partial charge on any atom is 0.323 e. The van der Waals surface area contributed by atoms with E-state index in [9.17, 15) is 22.8 Å². The molecule has 1 aromatic rings. The zero-order valence-electron chi connectivity index (χ0n) is 16.5. The number of nitrogens with zero attached hydrogens (tertiary/aromatic N) is 1. The third-order valence-electron chi connectivity index (χ3n) is 4.13. The summed E-state index contributed by atoms with van der Waals surface area (Å²) in [6.07, 6.45) is 2.50. The lowest BCUT2D eigenvalue weighted by Gasteiger charge is -2.15. The number of aliphatic carboxylic acids is 1. The SMILES string of the molecule is CS(=O)(=O)N[C@@H](CNC(=O)c1ccc(CCC(=O)NC2=NCCCN2)cc1)C(=O)O. The van der Waals surface area contributed by atoms with Gasteiger partial charge in [-0.3, -0.25) is 24.7 Å². The number of sulfonamides is 1. The average Bonchev–Trinajstić information content (AvgIpc) is 2.69. The van der Waals surface area contributed by atoms with E-state index < -0.39 is 34.5 Å². The van der Waals surface area contributed by atoms with Crippen LogP contribution in [0.5, 0.6) is 0 Å². The molecule has 1 aliphatic heterocycles. The van der Waals surface area contributed by atoms with Crippen molar-refractivity contribution in [3.63, 3.8) is 0 Å². The second kappa shape index (κ2) is 10.7. The summed E-state index contributed by atoms with van der Waals surface area (Å²) < 4.78 is 24.3. The number of aryl methyl sites for hydroxylation is 1. The summed E-state index contributed by atoms with van der Waals surface area (Å²) in [5, 5.41) is 17.1. The third kappa shape index (κ3) is 8.17. The molecule has 2 rings (SSSR count). The molecule has 1 aromatic carbocycles. The lowest BCUT2D eigenvalue weighted by atomic mass is 10.1. The molecule has 0 aromatic heterocycles. The van der Waals surface area contributed by atoms with Gasteiger partial charge in [0.25, 0.3) is 5.91 Å². The van der Waals surface area contributed by atoms with E-state index in [1.54, 1.807) is 24.3 Å². The average molecular weight is 439 g/mol. The predicted molar refractivity (Wildman–Crippen MR) is 110 cm³/mol. The van der Waals surface area contributed by atoms with Crippen molar-refractivity contribution in [2.75, 3.05) is 25.9 Å². The number of carboxylic acid groups (broad SMARTS) is 1. The minimum atomic E-state index is -3.74. The lowest BCUT2D eigenvalue weighted by Crippen LogP contribution is -2.48. The van der Waals surface area contributed by atoms with Crippen LogP contribution in [0.4, 0.5) is 0 Å². The number of carbonyl (C=O) groups is 3. The summed E-state index contributed by atoms with van der Waals surface area (Å²) in [5.74, 6) is -1.61. The molecular weight excluding hydrogens is 414 g/mol. The van der Waals surface area contributed by atoms with E-state index in [-0.39, 0.29) is 17.9 Å². The van der Waals surface area contributed by atoms with Gasteiger partial charge in [0.1, 0.15) is 6.04 Å². The van der Waals surface area contributed by atoms with Gasteiger partial charge in [-0.1, -0.05) is 12.1 Å². The van der Waals surface area contributed by atoms with E-state index in [0.29, 0.717) is 18.9 Å². The fraction of sp³-hybridized carbons (Fsp3) is 0.444. The minimum absolute atomic E-state index is 0.164. The van der Waals surface area contributed by atoms with Gasteiger partial charge in [0.05, 0.1) is 6.26 Å². The van der Waals surface area contributed by atoms with Crippen LogP contribution >= 0.6 is 0 Å². The fourth-order valence-electron chi connectivity index (χ4n) is 2.63. The summed E-state index contributed by atoms with van der Waals surface area (Å²) in [5.41, 5.74) is 1.13. The van der Waals surface area contributed by atoms with Crippen LogP contribution < -0.4 is 20.7 Å². The molecule has 1 heterocycles. The van der Waals surface area contributed by atoms with E-state index in [1.165, 1.54) is 0 Å². The Morgan fingerprint density at radius 2 is 1.93 bits per heavy atom. The van der Waals surface area contributed by atoms with Gasteiger partial charge in [0.15, 0.2) is 5.96 Å². The van der Waals surface area contributed by atoms with Crippen molar-refractivity contribution in [2.24, 2.45) is 4.99 Å². The van der Waals surface area contributed by atoms with Crippen molar-refractivity contribution in [1.29, 1.82) is 0 Å². The van der Waals surface area contributed by atoms with Gasteiger partial charge >= 0.3 is 5.97 Å². The Bertz CT molecular complexity index is 913. The second-order valence-electron chi connectivity index (χ2n) is 6.75. The molecule has 0 radical (unpaired) electrons. The number of rotatable bonds is 9. The number of hydrogen-bond donors (Lipinski definition) is 5. The summed E-state index contributed by atoms with van der Waals surface area (Å²) in [6.45, 7) is 1.06. The second-order valence-corrected chi connectivity index (χ2v) is 8.53. The topological polar surface area (TPSA) is 166 Å². The molecule has 0 fully saturated rings. The number of benzene rings is 1. The van der Waals surface area contributed by atoms with Gasteiger partial charge in [0, 0.05) is 31.6 Å². The number of aliphatic imine (C=N–C) groups is 1. The molecule has 0 saturated heterocycles. The first kappa shape index (κ1) is 23.3. The molecule has 0 bridgehead atoms. The van der Waals surface area contributed by atoms with E-state index in [0.717, 1.165) is 24.8 Å². The third-order valence-corrected chi connectivity index (χ3v) is 4.85. The van der Waals surface area contributed by atoms with Gasteiger partial charge in [-0.05, 0) is 30.5 Å². The molecule has 5 N–H and O–H groups in total. The number of guanidine groups is 1.